The van der Waals surface area contributed by atoms with Crippen molar-refractivity contribution in [3.8, 4) is 16.9 Å². The van der Waals surface area contributed by atoms with Crippen molar-refractivity contribution in [3.05, 3.63) is 60.8 Å². The van der Waals surface area contributed by atoms with Crippen molar-refractivity contribution in [2.45, 2.75) is 6.10 Å². The number of rotatable bonds is 5. The van der Waals surface area contributed by atoms with E-state index in [0.717, 1.165) is 27.9 Å². The highest BCUT2D eigenvalue weighted by atomic mass is 32.2. The monoisotopic (exact) mass is 453 g/mol. The summed E-state index contributed by atoms with van der Waals surface area (Å²) in [6, 6.07) is 9.82. The van der Waals surface area contributed by atoms with Crippen molar-refractivity contribution in [1.82, 2.24) is 19.7 Å². The van der Waals surface area contributed by atoms with Crippen LogP contribution in [-0.2, 0) is 9.53 Å². The highest BCUT2D eigenvalue weighted by Crippen LogP contribution is 2.28. The van der Waals surface area contributed by atoms with Crippen LogP contribution in [0.15, 0.2) is 55.0 Å². The number of amides is 3. The third kappa shape index (κ3) is 3.71. The molecule has 11 heteroatoms. The first-order valence-corrected chi connectivity index (χ1v) is 10.7. The van der Waals surface area contributed by atoms with Crippen LogP contribution in [0.3, 0.4) is 0 Å². The molecule has 3 amide bonds. The van der Waals surface area contributed by atoms with Crippen molar-refractivity contribution in [1.29, 1.82) is 0 Å². The molecule has 9 nitrogen and oxygen atoms in total. The number of pyridine rings is 1. The van der Waals surface area contributed by atoms with Gasteiger partial charge in [-0.25, -0.2) is 13.9 Å². The van der Waals surface area contributed by atoms with Gasteiger partial charge in [-0.05, 0) is 30.3 Å². The van der Waals surface area contributed by atoms with E-state index in [1.807, 2.05) is 12.1 Å². The Morgan fingerprint density at radius 1 is 1.19 bits per heavy atom. The topological polar surface area (TPSA) is 97.6 Å². The lowest BCUT2D eigenvalue weighted by atomic mass is 10.2. The lowest BCUT2D eigenvalue weighted by Gasteiger charge is -2.17. The average Bonchev–Trinajstić information content (AvgIpc) is 3.50. The number of benzene rings is 1. The molecule has 0 spiro atoms. The fourth-order valence-electron chi connectivity index (χ4n) is 3.56. The third-order valence-corrected chi connectivity index (χ3v) is 5.99. The molecule has 2 aliphatic heterocycles. The zero-order valence-electron chi connectivity index (χ0n) is 16.6. The van der Waals surface area contributed by atoms with E-state index in [9.17, 15) is 18.8 Å². The summed E-state index contributed by atoms with van der Waals surface area (Å²) in [6.45, 7) is 0.0853. The van der Waals surface area contributed by atoms with Crippen molar-refractivity contribution in [2.24, 2.45) is 0 Å². The lowest BCUT2D eigenvalue weighted by Crippen LogP contribution is -2.37. The summed E-state index contributed by atoms with van der Waals surface area (Å²) in [5.74, 6) is -0.796. The molecule has 4 heterocycles. The smallest absolute Gasteiger partial charge is 0.414 e. The van der Waals surface area contributed by atoms with Crippen molar-refractivity contribution in [3.63, 3.8) is 0 Å². The zero-order valence-corrected chi connectivity index (χ0v) is 17.4. The summed E-state index contributed by atoms with van der Waals surface area (Å²) in [5.41, 5.74) is 1.98. The molecule has 0 radical (unpaired) electrons. The molecule has 2 aliphatic rings. The number of carbonyl (C=O) groups is 3. The molecular formula is C21H16FN5O4S. The number of thioether (sulfide) groups is 1. The highest BCUT2D eigenvalue weighted by Gasteiger charge is 2.38. The number of halogens is 1. The van der Waals surface area contributed by atoms with Gasteiger partial charge in [-0.1, -0.05) is 17.8 Å². The van der Waals surface area contributed by atoms with Gasteiger partial charge in [0, 0.05) is 18.0 Å². The second-order valence-electron chi connectivity index (χ2n) is 7.20. The molecule has 1 aromatic carbocycles. The van der Waals surface area contributed by atoms with E-state index >= 15 is 0 Å². The minimum atomic E-state index is -0.677. The predicted molar refractivity (Wildman–Crippen MR) is 114 cm³/mol. The summed E-state index contributed by atoms with van der Waals surface area (Å²) in [6.07, 6.45) is 3.59. The summed E-state index contributed by atoms with van der Waals surface area (Å²) in [7, 11) is 0. The molecule has 0 N–H and O–H groups in total. The Bertz CT molecular complexity index is 1200. The number of anilines is 1. The standard InChI is InChI=1S/C21H16FN5O4S/c22-16-7-14(25-10-15(31-20(25)29)11-26-19(28)12-32-21(26)30)4-5-18(16)27-9-13(8-24-27)17-3-1-2-6-23-17/h1-9,15H,10-12H2/t15-/m1/s1. The van der Waals surface area contributed by atoms with Gasteiger partial charge in [0.15, 0.2) is 5.82 Å². The Kier molecular flexibility index (Phi) is 5.10. The fourth-order valence-corrected chi connectivity index (χ4v) is 4.29. The number of carbonyl (C=O) groups excluding carboxylic acids is 3. The normalized spacial score (nSPS) is 18.5. The Hall–Kier alpha value is -3.73. The quantitative estimate of drug-likeness (QED) is 0.586. The molecule has 0 bridgehead atoms. The van der Waals surface area contributed by atoms with E-state index in [0.29, 0.717) is 5.69 Å². The van der Waals surface area contributed by atoms with E-state index in [-0.39, 0.29) is 35.7 Å². The summed E-state index contributed by atoms with van der Waals surface area (Å²) < 4.78 is 21.6. The predicted octanol–water partition coefficient (Wildman–Crippen LogP) is 3.09. The molecular weight excluding hydrogens is 437 g/mol. The Balaban J connectivity index is 1.32. The van der Waals surface area contributed by atoms with Gasteiger partial charge in [-0.2, -0.15) is 5.10 Å². The molecule has 3 aromatic rings. The maximum absolute atomic E-state index is 14.9. The molecule has 1 atom stereocenters. The number of nitrogens with zero attached hydrogens (tertiary/aromatic N) is 5. The number of cyclic esters (lactones) is 1. The SMILES string of the molecule is O=C1CSC(=O)N1C[C@H]1CN(c2ccc(-n3cc(-c4ccccn4)cn3)c(F)c2)C(=O)O1. The first-order chi connectivity index (χ1) is 15.5. The summed E-state index contributed by atoms with van der Waals surface area (Å²) in [4.78, 5) is 42.5. The largest absolute Gasteiger partial charge is 0.442 e. The fraction of sp³-hybridized carbons (Fsp3) is 0.190. The number of hydrogen-bond acceptors (Lipinski definition) is 7. The van der Waals surface area contributed by atoms with Crippen LogP contribution >= 0.6 is 11.8 Å². The van der Waals surface area contributed by atoms with Crippen LogP contribution < -0.4 is 4.90 Å². The van der Waals surface area contributed by atoms with E-state index < -0.39 is 18.0 Å². The van der Waals surface area contributed by atoms with Gasteiger partial charge in [0.25, 0.3) is 5.24 Å². The molecule has 0 aliphatic carbocycles. The van der Waals surface area contributed by atoms with E-state index in [1.165, 1.54) is 21.7 Å². The van der Waals surface area contributed by atoms with Crippen LogP contribution in [0.2, 0.25) is 0 Å². The van der Waals surface area contributed by atoms with Gasteiger partial charge in [-0.15, -0.1) is 0 Å². The van der Waals surface area contributed by atoms with Crippen LogP contribution in [0.1, 0.15) is 0 Å². The molecule has 0 saturated carbocycles. The third-order valence-electron chi connectivity index (χ3n) is 5.13. The molecule has 0 unspecified atom stereocenters. The van der Waals surface area contributed by atoms with Crippen LogP contribution in [0.25, 0.3) is 16.9 Å². The van der Waals surface area contributed by atoms with Gasteiger partial charge in [-0.3, -0.25) is 24.4 Å². The summed E-state index contributed by atoms with van der Waals surface area (Å²) >= 11 is 0.918. The molecule has 2 saturated heterocycles. The van der Waals surface area contributed by atoms with Crippen LogP contribution in [-0.4, -0.2) is 61.9 Å². The number of hydrogen-bond donors (Lipinski definition) is 0. The van der Waals surface area contributed by atoms with Crippen LogP contribution in [0.4, 0.5) is 19.7 Å². The van der Waals surface area contributed by atoms with Gasteiger partial charge in [0.1, 0.15) is 11.8 Å². The van der Waals surface area contributed by atoms with E-state index in [1.54, 1.807) is 30.7 Å². The zero-order chi connectivity index (χ0) is 22.2. The van der Waals surface area contributed by atoms with Crippen LogP contribution in [0.5, 0.6) is 0 Å². The summed E-state index contributed by atoms with van der Waals surface area (Å²) in [5, 5.41) is 3.85. The van der Waals surface area contributed by atoms with Gasteiger partial charge < -0.3 is 4.74 Å². The van der Waals surface area contributed by atoms with Crippen molar-refractivity contribution < 1.29 is 23.5 Å². The second kappa shape index (κ2) is 8.08. The minimum Gasteiger partial charge on any atom is -0.442 e. The molecule has 2 fully saturated rings. The highest BCUT2D eigenvalue weighted by molar-refractivity contribution is 8.14. The van der Waals surface area contributed by atoms with E-state index in [2.05, 4.69) is 10.1 Å². The maximum Gasteiger partial charge on any atom is 0.414 e. The maximum atomic E-state index is 14.9. The average molecular weight is 453 g/mol. The van der Waals surface area contributed by atoms with Crippen LogP contribution in [0, 0.1) is 5.82 Å². The molecule has 162 valence electrons. The van der Waals surface area contributed by atoms with Gasteiger partial charge >= 0.3 is 6.09 Å². The van der Waals surface area contributed by atoms with Gasteiger partial charge in [0.05, 0.1) is 36.4 Å². The van der Waals surface area contributed by atoms with Crippen molar-refractivity contribution in [2.75, 3.05) is 23.7 Å². The minimum absolute atomic E-state index is 0.0168. The van der Waals surface area contributed by atoms with E-state index in [4.69, 9.17) is 4.74 Å². The first-order valence-electron chi connectivity index (χ1n) is 9.71. The number of aromatic nitrogens is 3. The first kappa shape index (κ1) is 20.2. The van der Waals surface area contributed by atoms with Crippen molar-refractivity contribution >= 4 is 34.7 Å². The Labute approximate surface area is 185 Å². The Morgan fingerprint density at radius 2 is 2.06 bits per heavy atom. The second-order valence-corrected chi connectivity index (χ2v) is 8.13. The van der Waals surface area contributed by atoms with Gasteiger partial charge in [0.2, 0.25) is 5.91 Å². The molecule has 2 aromatic heterocycles. The lowest BCUT2D eigenvalue weighted by molar-refractivity contribution is -0.125. The molecule has 5 rings (SSSR count). The Morgan fingerprint density at radius 3 is 2.78 bits per heavy atom. The number of imide groups is 1. The molecule has 32 heavy (non-hydrogen) atoms. The number of ether oxygens (including phenoxy) is 1.